The number of hydrogen-bond donors (Lipinski definition) is 0. The molecule has 170 valence electrons. The van der Waals surface area contributed by atoms with Crippen LogP contribution in [0.1, 0.15) is 57.9 Å². The molecule has 1 aromatic carbocycles. The van der Waals surface area contributed by atoms with Crippen molar-refractivity contribution in [3.8, 4) is 0 Å². The summed E-state index contributed by atoms with van der Waals surface area (Å²) in [5.41, 5.74) is -0.0446. The van der Waals surface area contributed by atoms with E-state index in [4.69, 9.17) is 13.7 Å². The van der Waals surface area contributed by atoms with Gasteiger partial charge in [0.2, 0.25) is 0 Å². The molecule has 2 atom stereocenters. The zero-order valence-electron chi connectivity index (χ0n) is 18.3. The van der Waals surface area contributed by atoms with Crippen LogP contribution in [0.2, 0.25) is 0 Å². The monoisotopic (exact) mass is 458 g/mol. The highest BCUT2D eigenvalue weighted by atomic mass is 32.2. The number of hydrogen-bond acceptors (Lipinski definition) is 6. The zero-order chi connectivity index (χ0) is 22.0. The predicted octanol–water partition coefficient (Wildman–Crippen LogP) is 4.65. The Labute approximate surface area is 183 Å². The van der Waals surface area contributed by atoms with Crippen LogP contribution in [-0.4, -0.2) is 45.7 Å². The first-order chi connectivity index (χ1) is 14.3. The maximum Gasteiger partial charge on any atom is 0.338 e. The first-order valence-corrected chi connectivity index (χ1v) is 13.6. The maximum atomic E-state index is 12.9. The quantitative estimate of drug-likeness (QED) is 0.196. The molecule has 1 aliphatic rings. The molecule has 6 nitrogen and oxygen atoms in total. The van der Waals surface area contributed by atoms with Gasteiger partial charge in [0, 0.05) is 12.8 Å². The van der Waals surface area contributed by atoms with Gasteiger partial charge in [0.25, 0.3) is 10.1 Å². The van der Waals surface area contributed by atoms with Gasteiger partial charge in [-0.15, -0.1) is 0 Å². The van der Waals surface area contributed by atoms with Gasteiger partial charge in [-0.2, -0.15) is 8.42 Å². The Morgan fingerprint density at radius 3 is 2.37 bits per heavy atom. The van der Waals surface area contributed by atoms with Crippen molar-refractivity contribution in [2.24, 2.45) is 5.92 Å². The highest BCUT2D eigenvalue weighted by Gasteiger charge is 2.42. The van der Waals surface area contributed by atoms with Crippen LogP contribution in [0.3, 0.4) is 0 Å². The lowest BCUT2D eigenvalue weighted by atomic mass is 9.81. The number of carbonyl (C=O) groups excluding carboxylic acids is 1. The van der Waals surface area contributed by atoms with Crippen LogP contribution in [0.25, 0.3) is 0 Å². The van der Waals surface area contributed by atoms with Gasteiger partial charge in [-0.1, -0.05) is 58.4 Å². The van der Waals surface area contributed by atoms with Gasteiger partial charge in [-0.25, -0.2) is 4.79 Å². The van der Waals surface area contributed by atoms with Crippen molar-refractivity contribution in [1.29, 1.82) is 0 Å². The standard InChI is InChI=1S/C22H35O6PS/c1-4-26-21(23)22(27-5-2,15-19-9-7-6-8-10-19)16-29-17-28-30(24,25)20-13-11-18(3)12-14-20/h11-14,19,29H,4-10,15-17H2,1-3H3. The van der Waals surface area contributed by atoms with Crippen molar-refractivity contribution in [1.82, 2.24) is 0 Å². The smallest absolute Gasteiger partial charge is 0.338 e. The van der Waals surface area contributed by atoms with Crippen molar-refractivity contribution in [2.45, 2.75) is 69.8 Å². The minimum absolute atomic E-state index is 0.0229. The topological polar surface area (TPSA) is 78.9 Å². The Morgan fingerprint density at radius 1 is 1.10 bits per heavy atom. The fraction of sp³-hybridized carbons (Fsp3) is 0.682. The lowest BCUT2D eigenvalue weighted by molar-refractivity contribution is -0.171. The molecule has 2 unspecified atom stereocenters. The molecule has 0 heterocycles. The zero-order valence-corrected chi connectivity index (χ0v) is 20.1. The summed E-state index contributed by atoms with van der Waals surface area (Å²) >= 11 is 0. The number of rotatable bonds is 12. The molecule has 0 saturated heterocycles. The SMILES string of the molecule is CCOC(=O)C(CPCOS(=O)(=O)c1ccc(C)cc1)(CC1CCCCC1)OCC. The number of carbonyl (C=O) groups is 1. The molecule has 0 aromatic heterocycles. The van der Waals surface area contributed by atoms with Crippen LogP contribution in [0.15, 0.2) is 29.2 Å². The van der Waals surface area contributed by atoms with Crippen LogP contribution in [-0.2, 0) is 28.6 Å². The summed E-state index contributed by atoms with van der Waals surface area (Å²) in [7, 11) is -3.71. The normalized spacial score (nSPS) is 17.8. The van der Waals surface area contributed by atoms with Crippen LogP contribution < -0.4 is 0 Å². The Bertz CT molecular complexity index is 758. The van der Waals surface area contributed by atoms with Crippen LogP contribution >= 0.6 is 8.58 Å². The van der Waals surface area contributed by atoms with E-state index in [1.807, 2.05) is 13.8 Å². The summed E-state index contributed by atoms with van der Waals surface area (Å²) in [5.74, 6) is 0.0861. The minimum Gasteiger partial charge on any atom is -0.464 e. The van der Waals surface area contributed by atoms with Crippen molar-refractivity contribution in [3.05, 3.63) is 29.8 Å². The molecule has 0 bridgehead atoms. The van der Waals surface area contributed by atoms with E-state index in [9.17, 15) is 13.2 Å². The summed E-state index contributed by atoms with van der Waals surface area (Å²) in [6, 6.07) is 6.56. The van der Waals surface area contributed by atoms with Gasteiger partial charge in [0.05, 0.1) is 17.9 Å². The van der Waals surface area contributed by atoms with Crippen molar-refractivity contribution in [2.75, 3.05) is 25.7 Å². The first-order valence-electron chi connectivity index (χ1n) is 10.8. The summed E-state index contributed by atoms with van der Waals surface area (Å²) in [6.07, 6.45) is 6.83. The van der Waals surface area contributed by atoms with Gasteiger partial charge in [0.1, 0.15) is 0 Å². The Kier molecular flexibility index (Phi) is 10.2. The third-order valence-electron chi connectivity index (χ3n) is 5.45. The number of aryl methyl sites for hydroxylation is 1. The van der Waals surface area contributed by atoms with E-state index < -0.39 is 15.7 Å². The average molecular weight is 459 g/mol. The molecule has 0 radical (unpaired) electrons. The van der Waals surface area contributed by atoms with Crippen LogP contribution in [0.4, 0.5) is 0 Å². The lowest BCUT2D eigenvalue weighted by Crippen LogP contribution is -2.47. The molecule has 30 heavy (non-hydrogen) atoms. The van der Waals surface area contributed by atoms with Crippen LogP contribution in [0.5, 0.6) is 0 Å². The third-order valence-corrected chi connectivity index (χ3v) is 8.10. The predicted molar refractivity (Wildman–Crippen MR) is 120 cm³/mol. The second-order valence-corrected chi connectivity index (χ2v) is 10.6. The molecule has 8 heteroatoms. The second-order valence-electron chi connectivity index (χ2n) is 7.81. The maximum absolute atomic E-state index is 12.9. The fourth-order valence-corrected chi connectivity index (χ4v) is 6.39. The minimum atomic E-state index is -3.81. The van der Waals surface area contributed by atoms with Crippen molar-refractivity contribution >= 4 is 24.7 Å². The summed E-state index contributed by atoms with van der Waals surface area (Å²) in [4.78, 5) is 13.0. The Morgan fingerprint density at radius 2 is 1.77 bits per heavy atom. The van der Waals surface area contributed by atoms with E-state index in [0.717, 1.165) is 18.4 Å². The highest BCUT2D eigenvalue weighted by molar-refractivity contribution is 7.87. The molecule has 2 rings (SSSR count). The van der Waals surface area contributed by atoms with Gasteiger partial charge < -0.3 is 9.47 Å². The molecular weight excluding hydrogens is 423 g/mol. The summed E-state index contributed by atoms with van der Waals surface area (Å²) in [6.45, 7) is 6.25. The molecule has 1 aliphatic carbocycles. The van der Waals surface area contributed by atoms with Gasteiger partial charge in [0.15, 0.2) is 5.60 Å². The molecule has 0 N–H and O–H groups in total. The van der Waals surface area contributed by atoms with E-state index in [-0.39, 0.29) is 25.8 Å². The number of benzene rings is 1. The van der Waals surface area contributed by atoms with E-state index in [1.165, 1.54) is 19.3 Å². The van der Waals surface area contributed by atoms with E-state index in [0.29, 0.717) is 31.7 Å². The lowest BCUT2D eigenvalue weighted by Gasteiger charge is -2.35. The first kappa shape index (κ1) is 25.3. The Hall–Kier alpha value is -1.01. The molecule has 1 aromatic rings. The van der Waals surface area contributed by atoms with E-state index >= 15 is 0 Å². The number of esters is 1. The molecule has 0 aliphatic heterocycles. The molecule has 1 fully saturated rings. The Balaban J connectivity index is 2.03. The summed E-state index contributed by atoms with van der Waals surface area (Å²) in [5, 5.41) is 0. The van der Waals surface area contributed by atoms with Gasteiger partial charge in [-0.3, -0.25) is 4.18 Å². The van der Waals surface area contributed by atoms with Gasteiger partial charge in [-0.05, 0) is 45.2 Å². The van der Waals surface area contributed by atoms with Gasteiger partial charge >= 0.3 is 5.97 Å². The van der Waals surface area contributed by atoms with E-state index in [2.05, 4.69) is 0 Å². The number of ether oxygens (including phenoxy) is 2. The molecule has 0 amide bonds. The largest absolute Gasteiger partial charge is 0.464 e. The van der Waals surface area contributed by atoms with E-state index in [1.54, 1.807) is 31.2 Å². The third kappa shape index (κ3) is 7.30. The average Bonchev–Trinajstić information content (AvgIpc) is 2.72. The summed E-state index contributed by atoms with van der Waals surface area (Å²) < 4.78 is 41.4. The molecule has 1 saturated carbocycles. The van der Waals surface area contributed by atoms with Crippen molar-refractivity contribution < 1.29 is 26.9 Å². The second kappa shape index (κ2) is 12.1. The fourth-order valence-electron chi connectivity index (χ4n) is 3.94. The molecule has 0 spiro atoms. The molecular formula is C22H35O6PS. The highest BCUT2D eigenvalue weighted by Crippen LogP contribution is 2.36. The van der Waals surface area contributed by atoms with Crippen LogP contribution in [0, 0.1) is 12.8 Å². The van der Waals surface area contributed by atoms with Crippen molar-refractivity contribution in [3.63, 3.8) is 0 Å².